The molecule has 0 saturated carbocycles. The fraction of sp³-hybridized carbons (Fsp3) is 0.214. The van der Waals surface area contributed by atoms with Gasteiger partial charge >= 0.3 is 0 Å². The molecule has 0 aliphatic carbocycles. The first-order valence-corrected chi connectivity index (χ1v) is 7.42. The summed E-state index contributed by atoms with van der Waals surface area (Å²) in [5.74, 6) is 0.513. The zero-order valence-electron chi connectivity index (χ0n) is 10.6. The quantitative estimate of drug-likeness (QED) is 0.794. The summed E-state index contributed by atoms with van der Waals surface area (Å²) in [4.78, 5) is 5.69. The number of halogens is 1. The number of fused-ring (bicyclic) bond motifs is 1. The zero-order chi connectivity index (χ0) is 13.4. The molecule has 2 aromatic heterocycles. The highest BCUT2D eigenvalue weighted by atomic mass is 35.5. The maximum atomic E-state index is 6.15. The summed E-state index contributed by atoms with van der Waals surface area (Å²) in [7, 11) is 0. The van der Waals surface area contributed by atoms with E-state index in [4.69, 9.17) is 17.3 Å². The Kier molecular flexibility index (Phi) is 3.21. The minimum Gasteiger partial charge on any atom is -0.369 e. The normalized spacial score (nSPS) is 11.3. The Morgan fingerprint density at radius 2 is 2.21 bits per heavy atom. The predicted molar refractivity (Wildman–Crippen MR) is 82.0 cm³/mol. The van der Waals surface area contributed by atoms with Gasteiger partial charge in [0.15, 0.2) is 0 Å². The van der Waals surface area contributed by atoms with E-state index < -0.39 is 0 Å². The van der Waals surface area contributed by atoms with Gasteiger partial charge in [-0.05, 0) is 35.6 Å². The van der Waals surface area contributed by atoms with Crippen LogP contribution in [-0.2, 0) is 13.0 Å². The Labute approximate surface area is 120 Å². The van der Waals surface area contributed by atoms with Crippen molar-refractivity contribution < 1.29 is 0 Å². The van der Waals surface area contributed by atoms with Gasteiger partial charge in [-0.25, -0.2) is 4.98 Å². The average molecular weight is 292 g/mol. The van der Waals surface area contributed by atoms with Crippen LogP contribution in [0.4, 0.5) is 5.95 Å². The maximum absolute atomic E-state index is 6.15. The minimum absolute atomic E-state index is 0.513. The topological polar surface area (TPSA) is 43.8 Å². The molecule has 0 fully saturated rings. The zero-order valence-corrected chi connectivity index (χ0v) is 12.1. The molecule has 0 unspecified atom stereocenters. The molecule has 0 bridgehead atoms. The number of hydrogen-bond donors (Lipinski definition) is 1. The molecule has 3 nitrogen and oxygen atoms in total. The first-order chi connectivity index (χ1) is 9.20. The van der Waals surface area contributed by atoms with Gasteiger partial charge in [-0.3, -0.25) is 0 Å². The number of nitrogens with zero attached hydrogens (tertiary/aromatic N) is 2. The standard InChI is InChI=1S/C14H14ClN3S/c1-2-9-6-7-19-12(9)8-18-11-5-3-4-10(15)13(11)17-14(18)16/h3-7H,2,8H2,1H3,(H2,16,17). The lowest BCUT2D eigenvalue weighted by Gasteiger charge is -2.06. The third kappa shape index (κ3) is 2.11. The van der Waals surface area contributed by atoms with Crippen LogP contribution in [0.5, 0.6) is 0 Å². The molecule has 3 aromatic rings. The predicted octanol–water partition coefficient (Wildman–Crippen LogP) is 3.94. The summed E-state index contributed by atoms with van der Waals surface area (Å²) in [6.07, 6.45) is 1.03. The molecule has 1 aromatic carbocycles. The summed E-state index contributed by atoms with van der Waals surface area (Å²) in [5, 5.41) is 2.76. The van der Waals surface area contributed by atoms with Crippen molar-refractivity contribution in [2.24, 2.45) is 0 Å². The lowest BCUT2D eigenvalue weighted by molar-refractivity contribution is 0.841. The third-order valence-corrected chi connectivity index (χ3v) is 4.53. The summed E-state index contributed by atoms with van der Waals surface area (Å²) in [5.41, 5.74) is 9.16. The van der Waals surface area contributed by atoms with Crippen LogP contribution in [-0.4, -0.2) is 9.55 Å². The van der Waals surface area contributed by atoms with Crippen molar-refractivity contribution in [2.75, 3.05) is 5.73 Å². The lowest BCUT2D eigenvalue weighted by Crippen LogP contribution is -2.04. The molecule has 0 atom stereocenters. The molecular weight excluding hydrogens is 278 g/mol. The number of imidazole rings is 1. The molecule has 19 heavy (non-hydrogen) atoms. The average Bonchev–Trinajstić information content (AvgIpc) is 2.97. The number of hydrogen-bond acceptors (Lipinski definition) is 3. The highest BCUT2D eigenvalue weighted by Gasteiger charge is 2.12. The van der Waals surface area contributed by atoms with E-state index in [0.717, 1.165) is 24.0 Å². The van der Waals surface area contributed by atoms with Crippen LogP contribution in [0.3, 0.4) is 0 Å². The van der Waals surface area contributed by atoms with Crippen LogP contribution in [0.15, 0.2) is 29.6 Å². The van der Waals surface area contributed by atoms with E-state index in [9.17, 15) is 0 Å². The largest absolute Gasteiger partial charge is 0.369 e. The molecule has 98 valence electrons. The van der Waals surface area contributed by atoms with E-state index in [1.54, 1.807) is 11.3 Å². The first kappa shape index (κ1) is 12.5. The van der Waals surface area contributed by atoms with E-state index in [1.165, 1.54) is 10.4 Å². The smallest absolute Gasteiger partial charge is 0.201 e. The molecule has 2 heterocycles. The fourth-order valence-electron chi connectivity index (χ4n) is 2.26. The summed E-state index contributed by atoms with van der Waals surface area (Å²) < 4.78 is 2.02. The van der Waals surface area contributed by atoms with Gasteiger partial charge in [0.05, 0.1) is 17.1 Å². The Morgan fingerprint density at radius 1 is 1.37 bits per heavy atom. The van der Waals surface area contributed by atoms with Crippen LogP contribution in [0.2, 0.25) is 5.02 Å². The van der Waals surface area contributed by atoms with Crippen molar-refractivity contribution in [1.82, 2.24) is 9.55 Å². The summed E-state index contributed by atoms with van der Waals surface area (Å²) in [6, 6.07) is 7.94. The van der Waals surface area contributed by atoms with Crippen molar-refractivity contribution in [3.63, 3.8) is 0 Å². The number of thiophene rings is 1. The molecule has 5 heteroatoms. The highest BCUT2D eigenvalue weighted by molar-refractivity contribution is 7.10. The number of nitrogen functional groups attached to an aromatic ring is 1. The van der Waals surface area contributed by atoms with Gasteiger partial charge < -0.3 is 10.3 Å². The van der Waals surface area contributed by atoms with Crippen molar-refractivity contribution >= 4 is 39.9 Å². The van der Waals surface area contributed by atoms with E-state index >= 15 is 0 Å². The molecule has 3 rings (SSSR count). The van der Waals surface area contributed by atoms with Gasteiger partial charge in [-0.1, -0.05) is 24.6 Å². The van der Waals surface area contributed by atoms with Crippen molar-refractivity contribution in [1.29, 1.82) is 0 Å². The molecule has 2 N–H and O–H groups in total. The Balaban J connectivity index is 2.10. The Morgan fingerprint density at radius 3 is 3.00 bits per heavy atom. The molecule has 0 aliphatic rings. The number of nitrogens with two attached hydrogens (primary N) is 1. The Bertz CT molecular complexity index is 729. The molecule has 0 amide bonds. The van der Waals surface area contributed by atoms with Crippen LogP contribution in [0.1, 0.15) is 17.4 Å². The van der Waals surface area contributed by atoms with E-state index in [2.05, 4.69) is 23.4 Å². The van der Waals surface area contributed by atoms with Gasteiger partial charge in [0.1, 0.15) is 5.52 Å². The van der Waals surface area contributed by atoms with E-state index in [0.29, 0.717) is 11.0 Å². The van der Waals surface area contributed by atoms with Crippen molar-refractivity contribution in [3.05, 3.63) is 45.1 Å². The molecular formula is C14H14ClN3S. The number of aryl methyl sites for hydroxylation is 1. The van der Waals surface area contributed by atoms with Crippen LogP contribution in [0, 0.1) is 0 Å². The van der Waals surface area contributed by atoms with Crippen LogP contribution < -0.4 is 5.73 Å². The van der Waals surface area contributed by atoms with Gasteiger partial charge in [0.2, 0.25) is 5.95 Å². The number of anilines is 1. The summed E-state index contributed by atoms with van der Waals surface area (Å²) in [6.45, 7) is 2.92. The van der Waals surface area contributed by atoms with E-state index in [-0.39, 0.29) is 0 Å². The van der Waals surface area contributed by atoms with Gasteiger partial charge in [0, 0.05) is 4.88 Å². The van der Waals surface area contributed by atoms with Gasteiger partial charge in [-0.15, -0.1) is 11.3 Å². The van der Waals surface area contributed by atoms with E-state index in [1.807, 2.05) is 22.8 Å². The second-order valence-corrected chi connectivity index (χ2v) is 5.79. The van der Waals surface area contributed by atoms with Crippen molar-refractivity contribution in [3.8, 4) is 0 Å². The summed E-state index contributed by atoms with van der Waals surface area (Å²) >= 11 is 7.91. The SMILES string of the molecule is CCc1ccsc1Cn1c(N)nc2c(Cl)cccc21. The molecule has 0 radical (unpaired) electrons. The molecule has 0 saturated heterocycles. The highest BCUT2D eigenvalue weighted by Crippen LogP contribution is 2.27. The number of rotatable bonds is 3. The Hall–Kier alpha value is -1.52. The monoisotopic (exact) mass is 291 g/mol. The lowest BCUT2D eigenvalue weighted by atomic mass is 10.2. The maximum Gasteiger partial charge on any atom is 0.201 e. The van der Waals surface area contributed by atoms with Gasteiger partial charge in [0.25, 0.3) is 0 Å². The van der Waals surface area contributed by atoms with Crippen molar-refractivity contribution in [2.45, 2.75) is 19.9 Å². The van der Waals surface area contributed by atoms with Crippen LogP contribution in [0.25, 0.3) is 11.0 Å². The fourth-order valence-corrected chi connectivity index (χ4v) is 3.44. The molecule has 0 aliphatic heterocycles. The second-order valence-electron chi connectivity index (χ2n) is 4.39. The van der Waals surface area contributed by atoms with Gasteiger partial charge in [-0.2, -0.15) is 0 Å². The number of benzene rings is 1. The number of aromatic nitrogens is 2. The number of para-hydroxylation sites is 1. The third-order valence-electron chi connectivity index (χ3n) is 3.28. The molecule has 0 spiro atoms. The first-order valence-electron chi connectivity index (χ1n) is 6.16. The van der Waals surface area contributed by atoms with Crippen LogP contribution >= 0.6 is 22.9 Å². The second kappa shape index (κ2) is 4.87. The minimum atomic E-state index is 0.513.